The number of hydrogen-bond donors (Lipinski definition) is 1. The van der Waals surface area contributed by atoms with Crippen LogP contribution in [0.4, 0.5) is 0 Å². The molecule has 0 saturated heterocycles. The fourth-order valence-corrected chi connectivity index (χ4v) is 0.201. The van der Waals surface area contributed by atoms with Gasteiger partial charge in [0.15, 0.2) is 6.54 Å². The van der Waals surface area contributed by atoms with Crippen molar-refractivity contribution in [2.75, 3.05) is 13.7 Å². The summed E-state index contributed by atoms with van der Waals surface area (Å²) in [6.07, 6.45) is 0. The maximum absolute atomic E-state index is 10.1. The number of nitrogens with two attached hydrogens (primary N) is 1. The lowest BCUT2D eigenvalue weighted by molar-refractivity contribution is -0.585. The number of rotatable bonds is 2. The molecule has 11 heavy (non-hydrogen) atoms. The molecule has 0 amide bonds. The highest BCUT2D eigenvalue weighted by molar-refractivity contribution is 5.69. The van der Waals surface area contributed by atoms with Crippen molar-refractivity contribution < 1.29 is 14.8 Å². The molecule has 0 unspecified atom stereocenters. The summed E-state index contributed by atoms with van der Waals surface area (Å²) >= 11 is 0. The molecule has 0 radical (unpaired) electrons. The van der Waals surface area contributed by atoms with Crippen molar-refractivity contribution in [2.24, 2.45) is 0 Å². The van der Waals surface area contributed by atoms with Gasteiger partial charge in [0.25, 0.3) is 0 Å². The van der Waals surface area contributed by atoms with Gasteiger partial charge in [-0.3, -0.25) is 0 Å². The lowest BCUT2D eigenvalue weighted by atomic mass is 10.7. The fourth-order valence-electron chi connectivity index (χ4n) is 0.201. The van der Waals surface area contributed by atoms with E-state index in [0.717, 1.165) is 0 Å². The van der Waals surface area contributed by atoms with E-state index in [0.29, 0.717) is 6.54 Å². The summed E-state index contributed by atoms with van der Waals surface area (Å²) in [7, 11) is 4.70. The van der Waals surface area contributed by atoms with Crippen LogP contribution < -0.4 is 5.32 Å². The zero-order valence-electron chi connectivity index (χ0n) is 8.31. The Kier molecular flexibility index (Phi) is 34.7. The maximum atomic E-state index is 10.1. The number of quaternary nitrogens is 1. The van der Waals surface area contributed by atoms with Crippen LogP contribution in [0.3, 0.4) is 0 Å². The van der Waals surface area contributed by atoms with E-state index < -0.39 is 0 Å². The number of carbonyl (C=O) groups is 1. The molecule has 3 heteroatoms. The Labute approximate surface area is 70.1 Å². The monoisotopic (exact) mass is 163 g/mol. The van der Waals surface area contributed by atoms with Crippen molar-refractivity contribution in [3.8, 4) is 0 Å². The molecule has 0 aromatic rings. The lowest BCUT2D eigenvalue weighted by Gasteiger charge is -1.94. The first kappa shape index (κ1) is 16.8. The van der Waals surface area contributed by atoms with E-state index in [1.807, 2.05) is 27.7 Å². The molecule has 0 heterocycles. The van der Waals surface area contributed by atoms with Crippen LogP contribution in [0.25, 0.3) is 0 Å². The molecule has 0 spiro atoms. The van der Waals surface area contributed by atoms with E-state index in [4.69, 9.17) is 0 Å². The average molecular weight is 163 g/mol. The summed E-state index contributed by atoms with van der Waals surface area (Å²) < 4.78 is 4.28. The van der Waals surface area contributed by atoms with E-state index in [1.165, 1.54) is 12.4 Å². The third-order valence-corrected chi connectivity index (χ3v) is 0.539. The van der Waals surface area contributed by atoms with Crippen LogP contribution in [-0.4, -0.2) is 19.6 Å². The Morgan fingerprint density at radius 3 is 1.82 bits per heavy atom. The summed E-state index contributed by atoms with van der Waals surface area (Å²) in [6, 6.07) is 0. The lowest BCUT2D eigenvalue weighted by Crippen LogP contribution is -2.79. The van der Waals surface area contributed by atoms with E-state index >= 15 is 0 Å². The smallest absolute Gasteiger partial charge is 0.359 e. The van der Waals surface area contributed by atoms with Crippen molar-refractivity contribution in [2.45, 2.75) is 27.7 Å². The highest BCUT2D eigenvalue weighted by Gasteiger charge is 1.93. The molecule has 0 aromatic carbocycles. The van der Waals surface area contributed by atoms with Gasteiger partial charge in [0.2, 0.25) is 0 Å². The van der Waals surface area contributed by atoms with E-state index in [2.05, 4.69) is 11.8 Å². The van der Waals surface area contributed by atoms with E-state index in [-0.39, 0.29) is 5.97 Å². The van der Waals surface area contributed by atoms with Gasteiger partial charge in [0.1, 0.15) is 0 Å². The Hall–Kier alpha value is -0.570. The molecule has 2 N–H and O–H groups in total. The molecular formula is C8H21NO2. The molecule has 0 aliphatic rings. The second-order valence-corrected chi connectivity index (χ2v) is 1.07. The standard InChI is InChI=1S/C4H9NO2.2C2H6/c1-5-3-4(6)7-2;2*1-2/h1,3,5H2,2H3;2*1-2H3. The Bertz CT molecular complexity index is 65.1. The fraction of sp³-hybridized carbons (Fsp3) is 0.750. The number of esters is 1. The summed E-state index contributed by atoms with van der Waals surface area (Å²) in [5.74, 6) is -0.241. The quantitative estimate of drug-likeness (QED) is 0.477. The number of ether oxygens (including phenoxy) is 1. The highest BCUT2D eigenvalue weighted by atomic mass is 16.5. The molecule has 0 aliphatic heterocycles. The molecule has 0 fully saturated rings. The molecule has 3 nitrogen and oxygen atoms in total. The summed E-state index contributed by atoms with van der Waals surface area (Å²) in [6.45, 7) is 8.30. The first-order valence-corrected chi connectivity index (χ1v) is 3.99. The van der Waals surface area contributed by atoms with Gasteiger partial charge in [0, 0.05) is 0 Å². The molecule has 70 valence electrons. The van der Waals surface area contributed by atoms with Crippen LogP contribution in [0.15, 0.2) is 0 Å². The van der Waals surface area contributed by atoms with Crippen LogP contribution in [0, 0.1) is 7.05 Å². The Morgan fingerprint density at radius 1 is 1.36 bits per heavy atom. The molecule has 0 atom stereocenters. The molecule has 0 aromatic heterocycles. The van der Waals surface area contributed by atoms with Crippen molar-refractivity contribution in [3.63, 3.8) is 0 Å². The summed E-state index contributed by atoms with van der Waals surface area (Å²) in [5.41, 5.74) is 0. The average Bonchev–Trinajstić information content (AvgIpc) is 2.12. The van der Waals surface area contributed by atoms with Gasteiger partial charge in [0.05, 0.1) is 7.11 Å². The molecule has 0 saturated carbocycles. The van der Waals surface area contributed by atoms with Crippen molar-refractivity contribution >= 4 is 5.97 Å². The van der Waals surface area contributed by atoms with Crippen LogP contribution in [0.2, 0.25) is 0 Å². The van der Waals surface area contributed by atoms with Crippen LogP contribution in [0.5, 0.6) is 0 Å². The Morgan fingerprint density at radius 2 is 1.73 bits per heavy atom. The second kappa shape index (κ2) is 22.7. The van der Waals surface area contributed by atoms with Crippen LogP contribution in [0.1, 0.15) is 27.7 Å². The minimum absolute atomic E-state index is 0.241. The third-order valence-electron chi connectivity index (χ3n) is 0.539. The normalized spacial score (nSPS) is 6.36. The predicted molar refractivity (Wildman–Crippen MR) is 46.9 cm³/mol. The number of methoxy groups -OCH3 is 1. The zero-order chi connectivity index (χ0) is 9.70. The third kappa shape index (κ3) is 26.5. The molecule has 0 bridgehead atoms. The van der Waals surface area contributed by atoms with Crippen molar-refractivity contribution in [1.29, 1.82) is 0 Å². The van der Waals surface area contributed by atoms with Crippen molar-refractivity contribution in [1.82, 2.24) is 0 Å². The van der Waals surface area contributed by atoms with Gasteiger partial charge in [-0.2, -0.15) is 7.05 Å². The minimum Gasteiger partial charge on any atom is -0.470 e. The van der Waals surface area contributed by atoms with E-state index in [9.17, 15) is 4.79 Å². The van der Waals surface area contributed by atoms with Crippen molar-refractivity contribution in [3.05, 3.63) is 7.05 Å². The van der Waals surface area contributed by atoms with Gasteiger partial charge < -0.3 is 10.1 Å². The number of carbonyl (C=O) groups excluding carboxylic acids is 1. The highest BCUT2D eigenvalue weighted by Crippen LogP contribution is 1.60. The zero-order valence-corrected chi connectivity index (χ0v) is 8.31. The van der Waals surface area contributed by atoms with E-state index in [1.54, 1.807) is 0 Å². The topological polar surface area (TPSA) is 42.9 Å². The molecule has 0 aliphatic carbocycles. The predicted octanol–water partition coefficient (Wildman–Crippen LogP) is 0.567. The first-order chi connectivity index (χ1) is 5.31. The van der Waals surface area contributed by atoms with Crippen LogP contribution >= 0.6 is 0 Å². The van der Waals surface area contributed by atoms with Gasteiger partial charge in [-0.15, -0.1) is 0 Å². The number of hydrogen-bond acceptors (Lipinski definition) is 2. The van der Waals surface area contributed by atoms with Crippen LogP contribution in [-0.2, 0) is 9.53 Å². The second-order valence-electron chi connectivity index (χ2n) is 1.07. The maximum Gasteiger partial charge on any atom is 0.359 e. The van der Waals surface area contributed by atoms with Gasteiger partial charge in [-0.1, -0.05) is 27.7 Å². The Balaban J connectivity index is -0.000000138. The summed E-state index contributed by atoms with van der Waals surface area (Å²) in [4.78, 5) is 10.1. The van der Waals surface area contributed by atoms with Gasteiger partial charge >= 0.3 is 5.97 Å². The first-order valence-electron chi connectivity index (χ1n) is 3.99. The molecule has 0 rings (SSSR count). The van der Waals surface area contributed by atoms with Gasteiger partial charge in [-0.25, -0.2) is 4.79 Å². The minimum atomic E-state index is -0.241. The molecular weight excluding hydrogens is 142 g/mol. The SMILES string of the molecule is CC.CC.[CH2-][NH2+]CC(=O)OC. The summed E-state index contributed by atoms with van der Waals surface area (Å²) in [5, 5.41) is 1.51. The largest absolute Gasteiger partial charge is 0.470 e. The van der Waals surface area contributed by atoms with Gasteiger partial charge in [-0.05, 0) is 0 Å².